The Balaban J connectivity index is 0.00000120. The summed E-state index contributed by atoms with van der Waals surface area (Å²) in [5.41, 5.74) is 0. The summed E-state index contributed by atoms with van der Waals surface area (Å²) in [5.74, 6) is 0.998. The summed E-state index contributed by atoms with van der Waals surface area (Å²) in [4.78, 5) is 2.65. The van der Waals surface area contributed by atoms with Crippen LogP contribution in [0, 0.1) is 6.07 Å². The zero-order valence-electron chi connectivity index (χ0n) is 10.8. The van der Waals surface area contributed by atoms with Crippen LogP contribution in [0.2, 0.25) is 0 Å². The van der Waals surface area contributed by atoms with Crippen molar-refractivity contribution in [1.29, 1.82) is 0 Å². The Morgan fingerprint density at radius 2 is 1.94 bits per heavy atom. The van der Waals surface area contributed by atoms with E-state index in [1.165, 1.54) is 45.2 Å². The van der Waals surface area contributed by atoms with Gasteiger partial charge in [0.05, 0.1) is 6.10 Å². The van der Waals surface area contributed by atoms with Gasteiger partial charge < -0.3 is 9.64 Å². The molecule has 2 saturated heterocycles. The topological polar surface area (TPSA) is 12.5 Å². The van der Waals surface area contributed by atoms with Crippen LogP contribution in [0.3, 0.4) is 0 Å². The van der Waals surface area contributed by atoms with Gasteiger partial charge in [0.1, 0.15) is 0 Å². The maximum atomic E-state index is 6.06. The quantitative estimate of drug-likeness (QED) is 0.777. The molecule has 0 saturated carbocycles. The average Bonchev–Trinajstić information content (AvgIpc) is 2.40. The summed E-state index contributed by atoms with van der Waals surface area (Å²) in [6.07, 6.45) is 6.94. The Labute approximate surface area is 135 Å². The number of fused-ring (bicyclic) bond motifs is 1. The summed E-state index contributed by atoms with van der Waals surface area (Å²) in [6, 6.07) is 11.7. The molecule has 2 unspecified atom stereocenters. The Morgan fingerprint density at radius 1 is 1.11 bits per heavy atom. The SMILES string of the molecule is [Y].[c-]1ccc(OC2CCN3CCCCC3C2)cc1. The Kier molecular flexibility index (Phi) is 5.66. The van der Waals surface area contributed by atoms with Crippen LogP contribution in [0.25, 0.3) is 0 Å². The van der Waals surface area contributed by atoms with E-state index in [4.69, 9.17) is 4.74 Å². The van der Waals surface area contributed by atoms with Gasteiger partial charge in [-0.15, -0.1) is 12.1 Å². The van der Waals surface area contributed by atoms with Gasteiger partial charge in [-0.3, -0.25) is 0 Å². The summed E-state index contributed by atoms with van der Waals surface area (Å²) < 4.78 is 6.06. The second-order valence-corrected chi connectivity index (χ2v) is 5.19. The van der Waals surface area contributed by atoms with E-state index in [9.17, 15) is 0 Å². The van der Waals surface area contributed by atoms with E-state index in [2.05, 4.69) is 11.0 Å². The fourth-order valence-electron chi connectivity index (χ4n) is 3.10. The van der Waals surface area contributed by atoms with Crippen LogP contribution < -0.4 is 4.74 Å². The minimum absolute atomic E-state index is 0. The van der Waals surface area contributed by atoms with Gasteiger partial charge in [-0.25, -0.2) is 0 Å². The van der Waals surface area contributed by atoms with Gasteiger partial charge in [0.2, 0.25) is 0 Å². The zero-order chi connectivity index (χ0) is 11.5. The minimum Gasteiger partial charge on any atom is -0.516 e. The molecule has 0 bridgehead atoms. The number of piperidine rings is 2. The largest absolute Gasteiger partial charge is 0.516 e. The monoisotopic (exact) mass is 319 g/mol. The van der Waals surface area contributed by atoms with E-state index in [0.717, 1.165) is 11.8 Å². The number of hydrogen-bond acceptors (Lipinski definition) is 2. The van der Waals surface area contributed by atoms with E-state index >= 15 is 0 Å². The molecule has 2 atom stereocenters. The molecule has 1 aromatic carbocycles. The van der Waals surface area contributed by atoms with E-state index < -0.39 is 0 Å². The zero-order valence-corrected chi connectivity index (χ0v) is 13.7. The molecular weight excluding hydrogens is 299 g/mol. The molecule has 0 spiro atoms. The molecule has 1 aromatic rings. The van der Waals surface area contributed by atoms with Crippen molar-refractivity contribution >= 4 is 0 Å². The van der Waals surface area contributed by atoms with Crippen molar-refractivity contribution in [3.63, 3.8) is 0 Å². The number of benzene rings is 1. The van der Waals surface area contributed by atoms with Crippen molar-refractivity contribution in [3.05, 3.63) is 30.3 Å². The van der Waals surface area contributed by atoms with E-state index in [1.807, 2.05) is 24.3 Å². The first-order valence-electron chi connectivity index (χ1n) is 6.78. The summed E-state index contributed by atoms with van der Waals surface area (Å²) in [7, 11) is 0. The van der Waals surface area contributed by atoms with Crippen LogP contribution in [0.15, 0.2) is 24.3 Å². The van der Waals surface area contributed by atoms with Crippen LogP contribution >= 0.6 is 0 Å². The normalized spacial score (nSPS) is 28.0. The van der Waals surface area contributed by atoms with Gasteiger partial charge in [0.25, 0.3) is 0 Å². The summed E-state index contributed by atoms with van der Waals surface area (Å²) in [6.45, 7) is 2.52. The number of nitrogens with zero attached hydrogens (tertiary/aromatic N) is 1. The Morgan fingerprint density at radius 3 is 2.78 bits per heavy atom. The molecule has 2 aliphatic heterocycles. The second kappa shape index (κ2) is 7.02. The van der Waals surface area contributed by atoms with Gasteiger partial charge in [-0.1, -0.05) is 6.42 Å². The molecule has 0 aliphatic carbocycles. The molecule has 0 N–H and O–H groups in total. The Bertz CT molecular complexity index is 357. The van der Waals surface area contributed by atoms with Crippen molar-refractivity contribution in [2.45, 2.75) is 44.2 Å². The van der Waals surface area contributed by atoms with Crippen LogP contribution in [-0.2, 0) is 32.7 Å². The molecule has 3 rings (SSSR count). The first-order chi connectivity index (χ1) is 8.42. The van der Waals surface area contributed by atoms with Crippen LogP contribution in [-0.4, -0.2) is 30.1 Å². The van der Waals surface area contributed by atoms with Gasteiger partial charge in [-0.2, -0.15) is 18.2 Å². The maximum absolute atomic E-state index is 6.06. The minimum atomic E-state index is 0. The number of ether oxygens (including phenoxy) is 1. The first-order valence-corrected chi connectivity index (χ1v) is 6.78. The van der Waals surface area contributed by atoms with Crippen molar-refractivity contribution in [2.24, 2.45) is 0 Å². The third kappa shape index (κ3) is 3.56. The maximum Gasteiger partial charge on any atom is 0.0982 e. The molecule has 2 nitrogen and oxygen atoms in total. The molecule has 2 aliphatic rings. The van der Waals surface area contributed by atoms with Crippen LogP contribution in [0.4, 0.5) is 0 Å². The molecule has 3 heteroatoms. The van der Waals surface area contributed by atoms with Gasteiger partial charge in [0.15, 0.2) is 0 Å². The third-order valence-corrected chi connectivity index (χ3v) is 4.01. The molecule has 0 amide bonds. The standard InChI is InChI=1S/C15H20NO.Y/c1-2-7-14(8-3-1)17-15-9-11-16-10-5-4-6-13(16)12-15;/h2-3,7-8,13,15H,4-6,9-12H2;/q-1;. The van der Waals surface area contributed by atoms with Gasteiger partial charge >= 0.3 is 0 Å². The fraction of sp³-hybridized carbons (Fsp3) is 0.600. The van der Waals surface area contributed by atoms with E-state index in [0.29, 0.717) is 6.10 Å². The van der Waals surface area contributed by atoms with Crippen molar-refractivity contribution in [2.75, 3.05) is 13.1 Å². The predicted octanol–water partition coefficient (Wildman–Crippen LogP) is 2.88. The molecule has 2 fully saturated rings. The van der Waals surface area contributed by atoms with Crippen molar-refractivity contribution < 1.29 is 37.4 Å². The van der Waals surface area contributed by atoms with E-state index in [-0.39, 0.29) is 32.7 Å². The molecule has 95 valence electrons. The summed E-state index contributed by atoms with van der Waals surface area (Å²) >= 11 is 0. The second-order valence-electron chi connectivity index (χ2n) is 5.19. The molecule has 2 heterocycles. The molecule has 1 radical (unpaired) electrons. The number of hydrogen-bond donors (Lipinski definition) is 0. The fourth-order valence-corrected chi connectivity index (χ4v) is 3.10. The van der Waals surface area contributed by atoms with Gasteiger partial charge in [-0.05, 0) is 32.2 Å². The van der Waals surface area contributed by atoms with Crippen LogP contribution in [0.1, 0.15) is 32.1 Å². The van der Waals surface area contributed by atoms with Crippen molar-refractivity contribution in [1.82, 2.24) is 4.90 Å². The van der Waals surface area contributed by atoms with Crippen LogP contribution in [0.5, 0.6) is 5.75 Å². The first kappa shape index (κ1) is 14.5. The molecule has 18 heavy (non-hydrogen) atoms. The van der Waals surface area contributed by atoms with E-state index in [1.54, 1.807) is 0 Å². The summed E-state index contributed by atoms with van der Waals surface area (Å²) in [5, 5.41) is 0. The smallest absolute Gasteiger partial charge is 0.0982 e. The average molecular weight is 319 g/mol. The molecular formula is C15H20NOY-. The molecule has 0 aromatic heterocycles. The third-order valence-electron chi connectivity index (χ3n) is 4.01. The van der Waals surface area contributed by atoms with Gasteiger partial charge in [0, 0.05) is 51.0 Å². The number of rotatable bonds is 2. The Hall–Kier alpha value is 0.0839. The predicted molar refractivity (Wildman–Crippen MR) is 68.1 cm³/mol. The van der Waals surface area contributed by atoms with Crippen molar-refractivity contribution in [3.8, 4) is 5.75 Å².